The lowest BCUT2D eigenvalue weighted by atomic mass is 9.96. The van der Waals surface area contributed by atoms with Crippen LogP contribution in [0.4, 0.5) is 0 Å². The smallest absolute Gasteiger partial charge is 0.242 e. The molecule has 1 aliphatic rings. The normalized spacial score (nSPS) is 19.3. The highest BCUT2D eigenvalue weighted by Gasteiger charge is 2.18. The number of fused-ring (bicyclic) bond motifs is 1. The van der Waals surface area contributed by atoms with Crippen LogP contribution in [-0.4, -0.2) is 42.8 Å². The maximum Gasteiger partial charge on any atom is 0.242 e. The van der Waals surface area contributed by atoms with Crippen molar-refractivity contribution in [2.45, 2.75) is 31.1 Å². The summed E-state index contributed by atoms with van der Waals surface area (Å²) in [6.45, 7) is 4.35. The van der Waals surface area contributed by atoms with E-state index < -0.39 is 10.0 Å². The van der Waals surface area contributed by atoms with Gasteiger partial charge in [0.2, 0.25) is 10.0 Å². The van der Waals surface area contributed by atoms with Crippen molar-refractivity contribution < 1.29 is 8.42 Å². The summed E-state index contributed by atoms with van der Waals surface area (Å²) < 4.78 is 29.2. The van der Waals surface area contributed by atoms with Crippen LogP contribution in [-0.2, 0) is 17.1 Å². The number of rotatable bonds is 5. The number of hydrogen-bond donors (Lipinski definition) is 2. The summed E-state index contributed by atoms with van der Waals surface area (Å²) >= 11 is 0. The lowest BCUT2D eigenvalue weighted by molar-refractivity contribution is 0.358. The summed E-state index contributed by atoms with van der Waals surface area (Å²) in [6.07, 6.45) is 4.58. The fourth-order valence-electron chi connectivity index (χ4n) is 3.09. The molecular weight excluding hydrogens is 314 g/mol. The first-order chi connectivity index (χ1) is 11.0. The second-order valence-electron chi connectivity index (χ2n) is 6.15. The molecule has 1 aliphatic heterocycles. The number of nitrogens with one attached hydrogen (secondary N) is 2. The third-order valence-corrected chi connectivity index (χ3v) is 5.82. The summed E-state index contributed by atoms with van der Waals surface area (Å²) in [5.41, 5.74) is 1.47. The molecule has 1 atom stereocenters. The number of sulfonamides is 1. The van der Waals surface area contributed by atoms with Crippen LogP contribution in [0.3, 0.4) is 0 Å². The zero-order valence-corrected chi connectivity index (χ0v) is 14.4. The molecule has 3 rings (SSSR count). The van der Waals surface area contributed by atoms with Crippen molar-refractivity contribution in [2.75, 3.05) is 19.6 Å². The fourth-order valence-corrected chi connectivity index (χ4v) is 4.10. The van der Waals surface area contributed by atoms with Crippen molar-refractivity contribution in [2.24, 2.45) is 13.0 Å². The number of hydrogen-bond acceptors (Lipinski definition) is 5. The molecule has 0 radical (unpaired) electrons. The average Bonchev–Trinajstić information content (AvgIpc) is 2.82. The van der Waals surface area contributed by atoms with Gasteiger partial charge in [-0.05, 0) is 51.3 Å². The van der Waals surface area contributed by atoms with Gasteiger partial charge in [0.05, 0.1) is 5.69 Å². The quantitative estimate of drug-likeness (QED) is 0.848. The number of aromatic nitrogens is 3. The molecular formula is C15H23N5O2S. The fraction of sp³-hybridized carbons (Fsp3) is 0.600. The monoisotopic (exact) mass is 337 g/mol. The predicted molar refractivity (Wildman–Crippen MR) is 88.6 cm³/mol. The van der Waals surface area contributed by atoms with Crippen molar-refractivity contribution >= 4 is 21.1 Å². The summed E-state index contributed by atoms with van der Waals surface area (Å²) in [7, 11) is -1.73. The van der Waals surface area contributed by atoms with Crippen LogP contribution in [0.15, 0.2) is 17.2 Å². The minimum absolute atomic E-state index is 0.197. The molecule has 0 aliphatic carbocycles. The van der Waals surface area contributed by atoms with Gasteiger partial charge in [0.1, 0.15) is 4.90 Å². The van der Waals surface area contributed by atoms with Crippen LogP contribution in [0, 0.1) is 12.8 Å². The largest absolute Gasteiger partial charge is 0.316 e. The van der Waals surface area contributed by atoms with Crippen LogP contribution in [0.5, 0.6) is 0 Å². The van der Waals surface area contributed by atoms with E-state index in [2.05, 4.69) is 20.1 Å². The standard InChI is InChI=1S/C15H23N5O2S/c1-11-14-8-13(10-17-15(14)20(2)19-11)23(21,22)18-7-5-12-4-3-6-16-9-12/h8,10,12,16,18H,3-7,9H2,1-2H3. The molecule has 7 nitrogen and oxygen atoms in total. The van der Waals surface area contributed by atoms with Gasteiger partial charge in [0.15, 0.2) is 5.65 Å². The third-order valence-electron chi connectivity index (χ3n) is 4.39. The first-order valence-corrected chi connectivity index (χ1v) is 9.45. The SMILES string of the molecule is Cc1nn(C)c2ncc(S(=O)(=O)NCCC3CCCNC3)cc12. The lowest BCUT2D eigenvalue weighted by Gasteiger charge is -2.22. The van der Waals surface area contributed by atoms with Gasteiger partial charge in [-0.15, -0.1) is 0 Å². The van der Waals surface area contributed by atoms with Gasteiger partial charge < -0.3 is 5.32 Å². The van der Waals surface area contributed by atoms with Crippen LogP contribution in [0.25, 0.3) is 11.0 Å². The molecule has 3 heterocycles. The molecule has 1 saturated heterocycles. The molecule has 0 aromatic carbocycles. The van der Waals surface area contributed by atoms with Crippen LogP contribution in [0.1, 0.15) is 25.0 Å². The first kappa shape index (κ1) is 16.4. The van der Waals surface area contributed by atoms with Crippen LogP contribution in [0.2, 0.25) is 0 Å². The van der Waals surface area contributed by atoms with Crippen molar-refractivity contribution in [3.05, 3.63) is 18.0 Å². The van der Waals surface area contributed by atoms with E-state index in [-0.39, 0.29) is 4.90 Å². The minimum atomic E-state index is -3.53. The van der Waals surface area contributed by atoms with Gasteiger partial charge in [-0.25, -0.2) is 18.1 Å². The van der Waals surface area contributed by atoms with E-state index in [1.165, 1.54) is 6.20 Å². The Bertz CT molecular complexity index is 794. The van der Waals surface area contributed by atoms with E-state index in [0.717, 1.165) is 43.4 Å². The molecule has 0 amide bonds. The van der Waals surface area contributed by atoms with Crippen molar-refractivity contribution in [3.63, 3.8) is 0 Å². The topological polar surface area (TPSA) is 88.9 Å². The van der Waals surface area contributed by atoms with E-state index in [0.29, 0.717) is 18.1 Å². The highest BCUT2D eigenvalue weighted by molar-refractivity contribution is 7.89. The summed E-state index contributed by atoms with van der Waals surface area (Å²) in [4.78, 5) is 4.43. The van der Waals surface area contributed by atoms with Crippen molar-refractivity contribution in [3.8, 4) is 0 Å². The van der Waals surface area contributed by atoms with E-state index in [9.17, 15) is 8.42 Å². The Morgan fingerprint density at radius 2 is 2.30 bits per heavy atom. The number of nitrogens with zero attached hydrogens (tertiary/aromatic N) is 3. The van der Waals surface area contributed by atoms with Gasteiger partial charge in [0.25, 0.3) is 0 Å². The predicted octanol–water partition coefficient (Wildman–Crippen LogP) is 0.945. The summed E-state index contributed by atoms with van der Waals surface area (Å²) in [6, 6.07) is 1.65. The van der Waals surface area contributed by atoms with Gasteiger partial charge in [-0.2, -0.15) is 5.10 Å². The zero-order valence-electron chi connectivity index (χ0n) is 13.5. The Labute approximate surface area is 136 Å². The molecule has 2 aromatic rings. The van der Waals surface area contributed by atoms with E-state index in [4.69, 9.17) is 0 Å². The Hall–Kier alpha value is -1.51. The van der Waals surface area contributed by atoms with Gasteiger partial charge in [-0.3, -0.25) is 4.68 Å². The average molecular weight is 337 g/mol. The molecule has 2 aromatic heterocycles. The van der Waals surface area contributed by atoms with E-state index in [1.54, 1.807) is 17.8 Å². The zero-order chi connectivity index (χ0) is 16.4. The molecule has 23 heavy (non-hydrogen) atoms. The lowest BCUT2D eigenvalue weighted by Crippen LogP contribution is -2.33. The van der Waals surface area contributed by atoms with Crippen LogP contribution >= 0.6 is 0 Å². The van der Waals surface area contributed by atoms with Gasteiger partial charge >= 0.3 is 0 Å². The Kier molecular flexibility index (Phi) is 4.65. The molecule has 0 saturated carbocycles. The highest BCUT2D eigenvalue weighted by atomic mass is 32.2. The molecule has 0 bridgehead atoms. The first-order valence-electron chi connectivity index (χ1n) is 7.97. The Morgan fingerprint density at radius 1 is 1.48 bits per heavy atom. The molecule has 2 N–H and O–H groups in total. The van der Waals surface area contributed by atoms with Crippen molar-refractivity contribution in [1.82, 2.24) is 24.8 Å². The molecule has 1 fully saturated rings. The third kappa shape index (κ3) is 3.54. The summed E-state index contributed by atoms with van der Waals surface area (Å²) in [5, 5.41) is 8.39. The second-order valence-corrected chi connectivity index (χ2v) is 7.92. The maximum atomic E-state index is 12.4. The minimum Gasteiger partial charge on any atom is -0.316 e. The van der Waals surface area contributed by atoms with Crippen LogP contribution < -0.4 is 10.0 Å². The van der Waals surface area contributed by atoms with E-state index >= 15 is 0 Å². The molecule has 8 heteroatoms. The molecule has 0 spiro atoms. The number of aryl methyl sites for hydroxylation is 2. The Morgan fingerprint density at radius 3 is 3.04 bits per heavy atom. The number of pyridine rings is 1. The Balaban J connectivity index is 1.70. The molecule has 126 valence electrons. The second kappa shape index (κ2) is 6.54. The maximum absolute atomic E-state index is 12.4. The summed E-state index contributed by atoms with van der Waals surface area (Å²) in [5.74, 6) is 0.549. The highest BCUT2D eigenvalue weighted by Crippen LogP contribution is 2.19. The van der Waals surface area contributed by atoms with Crippen molar-refractivity contribution in [1.29, 1.82) is 0 Å². The van der Waals surface area contributed by atoms with Gasteiger partial charge in [0, 0.05) is 25.2 Å². The van der Waals surface area contributed by atoms with Gasteiger partial charge in [-0.1, -0.05) is 0 Å². The number of piperidine rings is 1. The van der Waals surface area contributed by atoms with E-state index in [1.807, 2.05) is 6.92 Å². The molecule has 1 unspecified atom stereocenters.